The number of ether oxygens (including phenoxy) is 1. The molecule has 1 aliphatic heterocycles. The third-order valence-electron chi connectivity index (χ3n) is 1.53. The molecule has 5 heteroatoms. The second-order valence-corrected chi connectivity index (χ2v) is 2.73. The van der Waals surface area contributed by atoms with Crippen molar-refractivity contribution in [3.05, 3.63) is 24.2 Å². The molecule has 1 aliphatic rings. The summed E-state index contributed by atoms with van der Waals surface area (Å²) in [7, 11) is 0. The second kappa shape index (κ2) is 3.16. The minimum absolute atomic E-state index is 0.623. The van der Waals surface area contributed by atoms with Crippen molar-refractivity contribution < 1.29 is 23.4 Å². The van der Waals surface area contributed by atoms with E-state index in [1.165, 1.54) is 6.08 Å². The highest BCUT2D eigenvalue weighted by Crippen LogP contribution is 2.28. The number of carboxylic acids is 1. The Morgan fingerprint density at radius 3 is 2.77 bits per heavy atom. The van der Waals surface area contributed by atoms with E-state index >= 15 is 0 Å². The Morgan fingerprint density at radius 2 is 2.31 bits per heavy atom. The summed E-state index contributed by atoms with van der Waals surface area (Å²) in [5.74, 6) is -5.98. The molecule has 0 radical (unpaired) electrons. The van der Waals surface area contributed by atoms with Gasteiger partial charge in [-0.1, -0.05) is 0 Å². The molecule has 0 spiro atoms. The molecule has 0 amide bonds. The molecule has 1 atom stereocenters. The van der Waals surface area contributed by atoms with Crippen molar-refractivity contribution in [3.8, 4) is 0 Å². The van der Waals surface area contributed by atoms with Gasteiger partial charge in [0.1, 0.15) is 0 Å². The predicted molar refractivity (Wildman–Crippen MR) is 40.1 cm³/mol. The molecule has 0 aromatic carbocycles. The summed E-state index contributed by atoms with van der Waals surface area (Å²) in [5, 5.41) is 8.53. The average Bonchev–Trinajstić information content (AvgIpc) is 2.03. The van der Waals surface area contributed by atoms with Crippen LogP contribution >= 0.6 is 0 Å². The number of carboxylic acid groups (broad SMARTS) is 1. The van der Waals surface area contributed by atoms with Crippen LogP contribution in [0.5, 0.6) is 0 Å². The van der Waals surface area contributed by atoms with Crippen LogP contribution in [0.4, 0.5) is 8.78 Å². The first-order chi connectivity index (χ1) is 5.91. The lowest BCUT2D eigenvalue weighted by Crippen LogP contribution is -2.21. The minimum Gasteiger partial charge on any atom is -0.481 e. The van der Waals surface area contributed by atoms with Crippen molar-refractivity contribution in [2.75, 3.05) is 0 Å². The lowest BCUT2D eigenvalue weighted by molar-refractivity contribution is -0.138. The zero-order chi connectivity index (χ0) is 10.1. The standard InChI is InChI=1S/C8H8F2O3/c1-8(9,10)6-4-5(7(11)12)2-3-13-6/h2-5H,1H3,(H,11,12)/t5-/m0/s1. The highest BCUT2D eigenvalue weighted by atomic mass is 19.3. The topological polar surface area (TPSA) is 46.5 Å². The van der Waals surface area contributed by atoms with E-state index in [9.17, 15) is 13.6 Å². The van der Waals surface area contributed by atoms with Crippen LogP contribution < -0.4 is 0 Å². The lowest BCUT2D eigenvalue weighted by atomic mass is 10.1. The fourth-order valence-corrected chi connectivity index (χ4v) is 0.859. The summed E-state index contributed by atoms with van der Waals surface area (Å²) < 4.78 is 29.7. The summed E-state index contributed by atoms with van der Waals surface area (Å²) in [6, 6.07) is 0. The van der Waals surface area contributed by atoms with Crippen molar-refractivity contribution in [1.29, 1.82) is 0 Å². The summed E-state index contributed by atoms with van der Waals surface area (Å²) in [6.07, 6.45) is 3.05. The van der Waals surface area contributed by atoms with Gasteiger partial charge in [0.15, 0.2) is 5.76 Å². The van der Waals surface area contributed by atoms with Crippen LogP contribution in [0.2, 0.25) is 0 Å². The van der Waals surface area contributed by atoms with E-state index in [0.29, 0.717) is 6.92 Å². The van der Waals surface area contributed by atoms with Crippen molar-refractivity contribution in [1.82, 2.24) is 0 Å². The molecule has 1 heterocycles. The molecule has 0 saturated carbocycles. The first-order valence-corrected chi connectivity index (χ1v) is 3.57. The van der Waals surface area contributed by atoms with Crippen LogP contribution in [-0.2, 0) is 9.53 Å². The fourth-order valence-electron chi connectivity index (χ4n) is 0.859. The maximum atomic E-state index is 12.6. The van der Waals surface area contributed by atoms with Gasteiger partial charge >= 0.3 is 11.9 Å². The Bertz CT molecular complexity index is 276. The SMILES string of the molecule is CC(F)(F)C1=C[C@@H](C(=O)O)C=CO1. The van der Waals surface area contributed by atoms with E-state index in [2.05, 4.69) is 4.74 Å². The monoisotopic (exact) mass is 190 g/mol. The Labute approximate surface area is 73.3 Å². The van der Waals surface area contributed by atoms with E-state index in [1.54, 1.807) is 0 Å². The third kappa shape index (κ3) is 2.27. The van der Waals surface area contributed by atoms with Crippen LogP contribution in [0.3, 0.4) is 0 Å². The molecule has 0 aromatic rings. The predicted octanol–water partition coefficient (Wildman–Crippen LogP) is 1.77. The number of allylic oxidation sites excluding steroid dienone is 1. The molecule has 0 aromatic heterocycles. The molecule has 0 saturated heterocycles. The minimum atomic E-state index is -3.14. The molecule has 0 unspecified atom stereocenters. The van der Waals surface area contributed by atoms with E-state index in [0.717, 1.165) is 12.3 Å². The first-order valence-electron chi connectivity index (χ1n) is 3.57. The Morgan fingerprint density at radius 1 is 1.69 bits per heavy atom. The third-order valence-corrected chi connectivity index (χ3v) is 1.53. The maximum absolute atomic E-state index is 12.6. The summed E-state index contributed by atoms with van der Waals surface area (Å²) >= 11 is 0. The Kier molecular flexibility index (Phi) is 2.36. The van der Waals surface area contributed by atoms with E-state index in [4.69, 9.17) is 5.11 Å². The van der Waals surface area contributed by atoms with Gasteiger partial charge < -0.3 is 9.84 Å². The van der Waals surface area contributed by atoms with Gasteiger partial charge in [-0.05, 0) is 12.2 Å². The number of hydrogen-bond acceptors (Lipinski definition) is 2. The van der Waals surface area contributed by atoms with Crippen LogP contribution in [0.25, 0.3) is 0 Å². The zero-order valence-electron chi connectivity index (χ0n) is 6.83. The van der Waals surface area contributed by atoms with Crippen molar-refractivity contribution in [3.63, 3.8) is 0 Å². The summed E-state index contributed by atoms with van der Waals surface area (Å²) in [6.45, 7) is 0.650. The van der Waals surface area contributed by atoms with Gasteiger partial charge in [0.2, 0.25) is 0 Å². The van der Waals surface area contributed by atoms with E-state index < -0.39 is 23.6 Å². The maximum Gasteiger partial charge on any atom is 0.314 e. The smallest absolute Gasteiger partial charge is 0.314 e. The molecular weight excluding hydrogens is 182 g/mol. The first kappa shape index (κ1) is 9.70. The molecule has 3 nitrogen and oxygen atoms in total. The molecule has 1 N–H and O–H groups in total. The second-order valence-electron chi connectivity index (χ2n) is 2.73. The van der Waals surface area contributed by atoms with Gasteiger partial charge in [0.25, 0.3) is 0 Å². The van der Waals surface area contributed by atoms with E-state index in [-0.39, 0.29) is 0 Å². The van der Waals surface area contributed by atoms with Gasteiger partial charge in [0.05, 0.1) is 12.2 Å². The molecule has 0 aliphatic carbocycles. The van der Waals surface area contributed by atoms with Crippen LogP contribution in [0.1, 0.15) is 6.92 Å². The molecule has 13 heavy (non-hydrogen) atoms. The molecule has 0 fully saturated rings. The van der Waals surface area contributed by atoms with Crippen LogP contribution in [0.15, 0.2) is 24.2 Å². The molecular formula is C8H8F2O3. The highest BCUT2D eigenvalue weighted by Gasteiger charge is 2.32. The van der Waals surface area contributed by atoms with E-state index in [1.807, 2.05) is 0 Å². The van der Waals surface area contributed by atoms with Crippen LogP contribution in [-0.4, -0.2) is 17.0 Å². The number of aliphatic carboxylic acids is 1. The summed E-state index contributed by atoms with van der Waals surface area (Å²) in [5.41, 5.74) is 0. The number of hydrogen-bond donors (Lipinski definition) is 1. The number of alkyl halides is 2. The number of carbonyl (C=O) groups is 1. The Balaban J connectivity index is 2.85. The van der Waals surface area contributed by atoms with Crippen LogP contribution in [0, 0.1) is 5.92 Å². The number of rotatable bonds is 2. The normalized spacial score (nSPS) is 22.1. The highest BCUT2D eigenvalue weighted by molar-refractivity contribution is 5.74. The zero-order valence-corrected chi connectivity index (χ0v) is 6.83. The molecule has 0 bridgehead atoms. The average molecular weight is 190 g/mol. The van der Waals surface area contributed by atoms with Crippen molar-refractivity contribution in [2.45, 2.75) is 12.8 Å². The Hall–Kier alpha value is -1.39. The quantitative estimate of drug-likeness (QED) is 0.721. The van der Waals surface area contributed by atoms with Gasteiger partial charge in [-0.25, -0.2) is 0 Å². The van der Waals surface area contributed by atoms with Gasteiger partial charge in [-0.15, -0.1) is 0 Å². The lowest BCUT2D eigenvalue weighted by Gasteiger charge is -2.18. The summed E-state index contributed by atoms with van der Waals surface area (Å²) in [4.78, 5) is 10.4. The largest absolute Gasteiger partial charge is 0.481 e. The van der Waals surface area contributed by atoms with Gasteiger partial charge in [0, 0.05) is 6.92 Å². The molecule has 1 rings (SSSR count). The number of halogens is 2. The van der Waals surface area contributed by atoms with Gasteiger partial charge in [-0.2, -0.15) is 8.78 Å². The van der Waals surface area contributed by atoms with Gasteiger partial charge in [-0.3, -0.25) is 4.79 Å². The fraction of sp³-hybridized carbons (Fsp3) is 0.375. The van der Waals surface area contributed by atoms with Crippen molar-refractivity contribution in [2.24, 2.45) is 5.92 Å². The molecule has 72 valence electrons. The van der Waals surface area contributed by atoms with Crippen molar-refractivity contribution >= 4 is 5.97 Å².